The van der Waals surface area contributed by atoms with Crippen LogP contribution in [0.25, 0.3) is 5.52 Å². The van der Waals surface area contributed by atoms with Gasteiger partial charge in [-0.15, -0.1) is 0 Å². The molecule has 0 fully saturated rings. The number of hydrogen-bond donors (Lipinski definition) is 1. The van der Waals surface area contributed by atoms with E-state index in [1.165, 1.54) is 0 Å². The molecule has 2 N–H and O–H groups in total. The van der Waals surface area contributed by atoms with Crippen LogP contribution in [0.5, 0.6) is 0 Å². The molecule has 3 nitrogen and oxygen atoms in total. The molecule has 2 rings (SSSR count). The number of hydrogen-bond acceptors (Lipinski definition) is 2. The van der Waals surface area contributed by atoms with Gasteiger partial charge in [-0.1, -0.05) is 5.46 Å². The summed E-state index contributed by atoms with van der Waals surface area (Å²) in [5.41, 5.74) is 7.76. The molecule has 0 aliphatic rings. The van der Waals surface area contributed by atoms with Crippen LogP contribution in [-0.2, 0) is 0 Å². The zero-order valence-electron chi connectivity index (χ0n) is 5.86. The van der Waals surface area contributed by atoms with E-state index in [0.29, 0.717) is 11.2 Å². The molecule has 0 saturated carbocycles. The maximum atomic E-state index is 5.61. The van der Waals surface area contributed by atoms with Crippen molar-refractivity contribution in [3.8, 4) is 0 Å². The molecule has 4 heteroatoms. The van der Waals surface area contributed by atoms with Crippen molar-refractivity contribution in [3.05, 3.63) is 24.5 Å². The fourth-order valence-electron chi connectivity index (χ4n) is 1.02. The molecular formula is C7H6BN3. The Hall–Kier alpha value is -1.45. The molecule has 0 saturated heterocycles. The molecule has 0 bridgehead atoms. The van der Waals surface area contributed by atoms with E-state index in [0.717, 1.165) is 5.52 Å². The van der Waals surface area contributed by atoms with Gasteiger partial charge in [0.1, 0.15) is 7.85 Å². The zero-order chi connectivity index (χ0) is 7.84. The van der Waals surface area contributed by atoms with Gasteiger partial charge in [-0.25, -0.2) is 4.52 Å². The third kappa shape index (κ3) is 0.870. The van der Waals surface area contributed by atoms with Crippen molar-refractivity contribution in [1.82, 2.24) is 9.61 Å². The van der Waals surface area contributed by atoms with E-state index in [1.807, 2.05) is 0 Å². The first-order valence-electron chi connectivity index (χ1n) is 3.26. The number of nitrogen functional groups attached to an aromatic ring is 1. The molecule has 0 unspecified atom stereocenters. The van der Waals surface area contributed by atoms with Gasteiger partial charge in [0.25, 0.3) is 0 Å². The van der Waals surface area contributed by atoms with Crippen LogP contribution in [-0.4, -0.2) is 17.5 Å². The Labute approximate surface area is 65.2 Å². The van der Waals surface area contributed by atoms with E-state index in [9.17, 15) is 0 Å². The highest BCUT2D eigenvalue weighted by Crippen LogP contribution is 2.04. The van der Waals surface area contributed by atoms with E-state index in [-0.39, 0.29) is 0 Å². The minimum absolute atomic E-state index is 0.650. The minimum Gasteiger partial charge on any atom is -0.399 e. The molecule has 2 heterocycles. The molecule has 52 valence electrons. The lowest BCUT2D eigenvalue weighted by Crippen LogP contribution is -2.00. The van der Waals surface area contributed by atoms with Crippen LogP contribution in [0.3, 0.4) is 0 Å². The first-order valence-corrected chi connectivity index (χ1v) is 3.26. The Morgan fingerprint density at radius 1 is 1.55 bits per heavy atom. The Bertz CT molecular complexity index is 393. The summed E-state index contributed by atoms with van der Waals surface area (Å²) in [5.74, 6) is 0. The van der Waals surface area contributed by atoms with Crippen LogP contribution >= 0.6 is 0 Å². The zero-order valence-corrected chi connectivity index (χ0v) is 5.86. The van der Waals surface area contributed by atoms with Crippen molar-refractivity contribution in [2.24, 2.45) is 0 Å². The number of nitrogens with two attached hydrogens (primary N) is 1. The monoisotopic (exact) mass is 143 g/mol. The van der Waals surface area contributed by atoms with Crippen LogP contribution in [0.4, 0.5) is 5.69 Å². The summed E-state index contributed by atoms with van der Waals surface area (Å²) in [7, 11) is 5.61. The van der Waals surface area contributed by atoms with Crippen LogP contribution in [0.15, 0.2) is 24.5 Å². The minimum atomic E-state index is 0.650. The van der Waals surface area contributed by atoms with Gasteiger partial charge < -0.3 is 5.73 Å². The molecule has 0 aliphatic carbocycles. The van der Waals surface area contributed by atoms with Gasteiger partial charge in [0.05, 0.1) is 5.52 Å². The standard InChI is InChI=1S/C7H6BN3/c8-6-4-10-11-2-1-5(9)3-7(6)11/h1-4H,9H2. The topological polar surface area (TPSA) is 43.3 Å². The predicted octanol–water partition coefficient (Wildman–Crippen LogP) is -0.290. The van der Waals surface area contributed by atoms with Crippen LogP contribution in [0.1, 0.15) is 0 Å². The molecule has 2 aromatic rings. The number of aromatic nitrogens is 2. The lowest BCUT2D eigenvalue weighted by atomic mass is 9.98. The van der Waals surface area contributed by atoms with Crippen molar-refractivity contribution >= 4 is 24.5 Å². The van der Waals surface area contributed by atoms with E-state index in [2.05, 4.69) is 5.10 Å². The third-order valence-corrected chi connectivity index (χ3v) is 1.58. The first kappa shape index (κ1) is 6.28. The number of rotatable bonds is 0. The van der Waals surface area contributed by atoms with Gasteiger partial charge in [0.15, 0.2) is 0 Å². The quantitative estimate of drug-likeness (QED) is 0.515. The molecule has 0 atom stereocenters. The predicted molar refractivity (Wildman–Crippen MR) is 45.0 cm³/mol. The molecular weight excluding hydrogens is 137 g/mol. The van der Waals surface area contributed by atoms with Gasteiger partial charge in [-0.05, 0) is 12.1 Å². The summed E-state index contributed by atoms with van der Waals surface area (Å²) < 4.78 is 1.69. The first-order chi connectivity index (χ1) is 5.27. The maximum Gasteiger partial charge on any atom is 0.119 e. The smallest absolute Gasteiger partial charge is 0.119 e. The second kappa shape index (κ2) is 2.02. The number of anilines is 1. The summed E-state index contributed by atoms with van der Waals surface area (Å²) in [6.07, 6.45) is 3.38. The Morgan fingerprint density at radius 3 is 3.18 bits per heavy atom. The van der Waals surface area contributed by atoms with Crippen molar-refractivity contribution in [2.45, 2.75) is 0 Å². The summed E-state index contributed by atoms with van der Waals surface area (Å²) >= 11 is 0. The summed E-state index contributed by atoms with van der Waals surface area (Å²) in [6, 6.07) is 3.57. The van der Waals surface area contributed by atoms with E-state index < -0.39 is 0 Å². The van der Waals surface area contributed by atoms with E-state index in [4.69, 9.17) is 13.6 Å². The Morgan fingerprint density at radius 2 is 2.36 bits per heavy atom. The Balaban J connectivity index is 2.87. The number of nitrogens with zero attached hydrogens (tertiary/aromatic N) is 2. The summed E-state index contributed by atoms with van der Waals surface area (Å²) in [6.45, 7) is 0. The fourth-order valence-corrected chi connectivity index (χ4v) is 1.02. The lowest BCUT2D eigenvalue weighted by molar-refractivity contribution is 0.962. The maximum absolute atomic E-state index is 5.61. The average molecular weight is 143 g/mol. The van der Waals surface area contributed by atoms with Crippen LogP contribution in [0, 0.1) is 0 Å². The highest BCUT2D eigenvalue weighted by molar-refractivity contribution is 6.36. The highest BCUT2D eigenvalue weighted by atomic mass is 15.2. The summed E-state index contributed by atoms with van der Waals surface area (Å²) in [5, 5.41) is 4.00. The van der Waals surface area contributed by atoms with E-state index >= 15 is 0 Å². The van der Waals surface area contributed by atoms with Crippen molar-refractivity contribution < 1.29 is 0 Å². The lowest BCUT2D eigenvalue weighted by Gasteiger charge is -1.95. The van der Waals surface area contributed by atoms with Crippen LogP contribution in [0.2, 0.25) is 0 Å². The highest BCUT2D eigenvalue weighted by Gasteiger charge is 1.96. The van der Waals surface area contributed by atoms with E-state index in [1.54, 1.807) is 29.0 Å². The van der Waals surface area contributed by atoms with Crippen molar-refractivity contribution in [2.75, 3.05) is 5.73 Å². The number of fused-ring (bicyclic) bond motifs is 1. The molecule has 11 heavy (non-hydrogen) atoms. The van der Waals surface area contributed by atoms with Gasteiger partial charge in [0, 0.05) is 18.1 Å². The van der Waals surface area contributed by atoms with Gasteiger partial charge >= 0.3 is 0 Å². The second-order valence-electron chi connectivity index (χ2n) is 2.39. The molecule has 0 aliphatic heterocycles. The summed E-state index contributed by atoms with van der Waals surface area (Å²) in [4.78, 5) is 0. The molecule has 2 aromatic heterocycles. The average Bonchev–Trinajstić information content (AvgIpc) is 2.33. The third-order valence-electron chi connectivity index (χ3n) is 1.58. The molecule has 2 radical (unpaired) electrons. The Kier molecular flexibility index (Phi) is 1.15. The molecule has 0 amide bonds. The molecule has 0 spiro atoms. The van der Waals surface area contributed by atoms with Gasteiger partial charge in [0.2, 0.25) is 0 Å². The SMILES string of the molecule is [B]c1cnn2ccc(N)cc12. The fraction of sp³-hybridized carbons (Fsp3) is 0. The van der Waals surface area contributed by atoms with Crippen LogP contribution < -0.4 is 11.2 Å². The van der Waals surface area contributed by atoms with Crippen molar-refractivity contribution in [3.63, 3.8) is 0 Å². The van der Waals surface area contributed by atoms with Gasteiger partial charge in [-0.2, -0.15) is 5.10 Å². The molecule has 0 aromatic carbocycles. The second-order valence-corrected chi connectivity index (χ2v) is 2.39. The number of pyridine rings is 1. The normalized spacial score (nSPS) is 10.5. The largest absolute Gasteiger partial charge is 0.399 e. The van der Waals surface area contributed by atoms with Gasteiger partial charge in [-0.3, -0.25) is 0 Å². The van der Waals surface area contributed by atoms with Crippen molar-refractivity contribution in [1.29, 1.82) is 0 Å².